The minimum atomic E-state index is -0.774. The number of nitrogens with one attached hydrogen (secondary N) is 1. The van der Waals surface area contributed by atoms with Crippen molar-refractivity contribution in [2.45, 2.75) is 44.2 Å². The maximum Gasteiger partial charge on any atom is 0.303 e. The van der Waals surface area contributed by atoms with Crippen molar-refractivity contribution in [2.24, 2.45) is 0 Å². The third kappa shape index (κ3) is 2.35. The molecule has 16 heavy (non-hydrogen) atoms. The smallest absolute Gasteiger partial charge is 0.303 e. The van der Waals surface area contributed by atoms with Gasteiger partial charge in [0.25, 0.3) is 0 Å². The topological polar surface area (TPSA) is 69.6 Å². The first-order valence-corrected chi connectivity index (χ1v) is 5.92. The molecule has 2 N–H and O–H groups in total. The van der Waals surface area contributed by atoms with E-state index in [1.54, 1.807) is 0 Å². The number of carboxylic acids is 1. The highest BCUT2D eigenvalue weighted by Crippen LogP contribution is 2.27. The number of carbonyl (C=O) groups is 2. The average molecular weight is 226 g/mol. The quantitative estimate of drug-likeness (QED) is 0.718. The summed E-state index contributed by atoms with van der Waals surface area (Å²) in [5, 5.41) is 11.9. The van der Waals surface area contributed by atoms with Gasteiger partial charge in [-0.25, -0.2) is 0 Å². The zero-order chi connectivity index (χ0) is 11.5. The van der Waals surface area contributed by atoms with Gasteiger partial charge in [0, 0.05) is 31.5 Å². The fourth-order valence-electron chi connectivity index (χ4n) is 2.71. The number of aliphatic carboxylic acids is 1. The molecule has 2 rings (SSSR count). The Morgan fingerprint density at radius 3 is 2.94 bits per heavy atom. The zero-order valence-corrected chi connectivity index (χ0v) is 9.32. The molecule has 2 heterocycles. The first-order chi connectivity index (χ1) is 7.68. The van der Waals surface area contributed by atoms with Gasteiger partial charge >= 0.3 is 5.97 Å². The second kappa shape index (κ2) is 4.82. The van der Waals surface area contributed by atoms with Crippen LogP contribution in [0.15, 0.2) is 0 Å². The maximum atomic E-state index is 11.8. The molecule has 2 atom stereocenters. The van der Waals surface area contributed by atoms with Crippen molar-refractivity contribution in [3.05, 3.63) is 0 Å². The van der Waals surface area contributed by atoms with E-state index in [1.165, 1.54) is 0 Å². The van der Waals surface area contributed by atoms with Gasteiger partial charge in [-0.05, 0) is 25.8 Å². The third-order valence-electron chi connectivity index (χ3n) is 3.49. The van der Waals surface area contributed by atoms with Crippen LogP contribution in [0.2, 0.25) is 0 Å². The number of amides is 1. The molecule has 0 saturated carbocycles. The second-order valence-electron chi connectivity index (χ2n) is 4.57. The van der Waals surface area contributed by atoms with E-state index in [2.05, 4.69) is 5.32 Å². The lowest BCUT2D eigenvalue weighted by atomic mass is 10.1. The number of carbonyl (C=O) groups excluding carboxylic acids is 1. The molecule has 2 aliphatic rings. The van der Waals surface area contributed by atoms with Crippen molar-refractivity contribution in [1.82, 2.24) is 10.2 Å². The summed E-state index contributed by atoms with van der Waals surface area (Å²) >= 11 is 0. The highest BCUT2D eigenvalue weighted by Gasteiger charge is 2.36. The van der Waals surface area contributed by atoms with Crippen LogP contribution < -0.4 is 5.32 Å². The predicted molar refractivity (Wildman–Crippen MR) is 58.0 cm³/mol. The Hall–Kier alpha value is -1.10. The molecule has 5 heteroatoms. The molecule has 5 nitrogen and oxygen atoms in total. The number of nitrogens with zero attached hydrogens (tertiary/aromatic N) is 1. The van der Waals surface area contributed by atoms with E-state index >= 15 is 0 Å². The summed E-state index contributed by atoms with van der Waals surface area (Å²) in [7, 11) is 0. The van der Waals surface area contributed by atoms with Gasteiger partial charge in [0.1, 0.15) is 0 Å². The molecule has 2 fully saturated rings. The van der Waals surface area contributed by atoms with Crippen molar-refractivity contribution in [3.63, 3.8) is 0 Å². The van der Waals surface area contributed by atoms with Crippen molar-refractivity contribution in [1.29, 1.82) is 0 Å². The summed E-state index contributed by atoms with van der Waals surface area (Å²) in [4.78, 5) is 24.3. The van der Waals surface area contributed by atoms with Crippen molar-refractivity contribution in [3.8, 4) is 0 Å². The number of rotatable bonds is 4. The number of hydrogen-bond acceptors (Lipinski definition) is 3. The minimum absolute atomic E-state index is 0.147. The molecule has 0 aromatic rings. The monoisotopic (exact) mass is 226 g/mol. The number of likely N-dealkylation sites (tertiary alicyclic amines) is 1. The Morgan fingerprint density at radius 1 is 1.50 bits per heavy atom. The molecule has 0 aliphatic carbocycles. The summed E-state index contributed by atoms with van der Waals surface area (Å²) in [5.74, 6) is -0.576. The Balaban J connectivity index is 1.95. The minimum Gasteiger partial charge on any atom is -0.481 e. The van der Waals surface area contributed by atoms with Crippen LogP contribution in [0, 0.1) is 0 Å². The molecule has 0 spiro atoms. The predicted octanol–water partition coefficient (Wildman–Crippen LogP) is 0.204. The fraction of sp³-hybridized carbons (Fsp3) is 0.818. The largest absolute Gasteiger partial charge is 0.481 e. The van der Waals surface area contributed by atoms with Crippen LogP contribution in [0.3, 0.4) is 0 Å². The van der Waals surface area contributed by atoms with E-state index in [0.29, 0.717) is 12.8 Å². The van der Waals surface area contributed by atoms with Gasteiger partial charge in [-0.15, -0.1) is 0 Å². The molecule has 0 bridgehead atoms. The molecule has 90 valence electrons. The Bertz CT molecular complexity index is 287. The number of hydrogen-bond donors (Lipinski definition) is 2. The van der Waals surface area contributed by atoms with Crippen LogP contribution in [-0.2, 0) is 9.59 Å². The standard InChI is InChI=1S/C11H18N2O3/c14-10-3-1-8(2-4-11(15)16)13(10)9-5-6-12-7-9/h8-9,12H,1-7H2,(H,15,16). The lowest BCUT2D eigenvalue weighted by molar-refractivity contribution is -0.138. The highest BCUT2D eigenvalue weighted by atomic mass is 16.4. The highest BCUT2D eigenvalue weighted by molar-refractivity contribution is 5.79. The van der Waals surface area contributed by atoms with Crippen molar-refractivity contribution < 1.29 is 14.7 Å². The van der Waals surface area contributed by atoms with E-state index < -0.39 is 5.97 Å². The second-order valence-corrected chi connectivity index (χ2v) is 4.57. The first kappa shape index (κ1) is 11.4. The Labute approximate surface area is 94.8 Å². The lowest BCUT2D eigenvalue weighted by Crippen LogP contribution is -2.43. The Kier molecular flexibility index (Phi) is 3.43. The van der Waals surface area contributed by atoms with Gasteiger partial charge in [0.05, 0.1) is 0 Å². The summed E-state index contributed by atoms with van der Waals surface area (Å²) in [6.45, 7) is 1.81. The molecule has 2 aliphatic heterocycles. The van der Waals surface area contributed by atoms with Crippen molar-refractivity contribution in [2.75, 3.05) is 13.1 Å². The summed E-state index contributed by atoms with van der Waals surface area (Å²) in [6, 6.07) is 0.433. The van der Waals surface area contributed by atoms with Gasteiger partial charge in [-0.1, -0.05) is 0 Å². The van der Waals surface area contributed by atoms with Crippen LogP contribution in [-0.4, -0.2) is 47.1 Å². The van der Waals surface area contributed by atoms with Gasteiger partial charge < -0.3 is 15.3 Å². The molecular weight excluding hydrogens is 208 g/mol. The molecule has 2 saturated heterocycles. The van der Waals surface area contributed by atoms with Crippen LogP contribution in [0.4, 0.5) is 0 Å². The molecular formula is C11H18N2O3. The van der Waals surface area contributed by atoms with E-state index in [1.807, 2.05) is 4.90 Å². The summed E-state index contributed by atoms with van der Waals surface area (Å²) in [6.07, 6.45) is 3.16. The van der Waals surface area contributed by atoms with E-state index in [0.717, 1.165) is 25.9 Å². The maximum absolute atomic E-state index is 11.8. The van der Waals surface area contributed by atoms with Crippen LogP contribution in [0.1, 0.15) is 32.1 Å². The van der Waals surface area contributed by atoms with Crippen LogP contribution in [0.5, 0.6) is 0 Å². The molecule has 0 aromatic heterocycles. The van der Waals surface area contributed by atoms with Gasteiger partial charge in [0.2, 0.25) is 5.91 Å². The lowest BCUT2D eigenvalue weighted by Gasteiger charge is -2.30. The van der Waals surface area contributed by atoms with E-state index in [4.69, 9.17) is 5.11 Å². The van der Waals surface area contributed by atoms with Gasteiger partial charge in [-0.3, -0.25) is 9.59 Å². The average Bonchev–Trinajstić information content (AvgIpc) is 2.83. The SMILES string of the molecule is O=C(O)CCC1CCC(=O)N1C1CCNC1. The van der Waals surface area contributed by atoms with Crippen LogP contribution >= 0.6 is 0 Å². The third-order valence-corrected chi connectivity index (χ3v) is 3.49. The zero-order valence-electron chi connectivity index (χ0n) is 9.32. The Morgan fingerprint density at radius 2 is 2.31 bits per heavy atom. The summed E-state index contributed by atoms with van der Waals surface area (Å²) < 4.78 is 0. The normalized spacial score (nSPS) is 30.0. The number of carboxylic acid groups (broad SMARTS) is 1. The van der Waals surface area contributed by atoms with Gasteiger partial charge in [-0.2, -0.15) is 0 Å². The van der Waals surface area contributed by atoms with E-state index in [9.17, 15) is 9.59 Å². The van der Waals surface area contributed by atoms with E-state index in [-0.39, 0.29) is 24.4 Å². The first-order valence-electron chi connectivity index (χ1n) is 5.92. The van der Waals surface area contributed by atoms with Crippen molar-refractivity contribution >= 4 is 11.9 Å². The molecule has 2 unspecified atom stereocenters. The summed E-state index contributed by atoms with van der Waals surface area (Å²) in [5.41, 5.74) is 0. The fourth-order valence-corrected chi connectivity index (χ4v) is 2.71. The molecule has 0 radical (unpaired) electrons. The molecule has 1 amide bonds. The van der Waals surface area contributed by atoms with Gasteiger partial charge in [0.15, 0.2) is 0 Å². The van der Waals surface area contributed by atoms with Crippen LogP contribution in [0.25, 0.3) is 0 Å². The molecule has 0 aromatic carbocycles.